The van der Waals surface area contributed by atoms with E-state index in [1.807, 2.05) is 19.1 Å². The van der Waals surface area contributed by atoms with Crippen LogP contribution in [-0.2, 0) is 0 Å². The predicted octanol–water partition coefficient (Wildman–Crippen LogP) is 2.97. The smallest absolute Gasteiger partial charge is 0.255 e. The minimum atomic E-state index is -0.336. The number of carbonyl (C=O) groups excluding carboxylic acids is 1. The number of hydrogen-bond donors (Lipinski definition) is 2. The predicted molar refractivity (Wildman–Crippen MR) is 80.3 cm³/mol. The molecule has 5 nitrogen and oxygen atoms in total. The molecular weight excluding hydrogens is 270 g/mol. The van der Waals surface area contributed by atoms with Gasteiger partial charge in [-0.1, -0.05) is 6.07 Å². The first kappa shape index (κ1) is 14.7. The zero-order valence-electron chi connectivity index (χ0n) is 12.1. The Labute approximate surface area is 123 Å². The molecule has 5 heteroatoms. The number of phenolic OH excluding ortho intramolecular Hbond substituents is 1. The molecule has 0 spiro atoms. The Hall–Kier alpha value is -2.69. The molecule has 0 saturated carbocycles. The summed E-state index contributed by atoms with van der Waals surface area (Å²) in [6.45, 7) is 1.92. The van der Waals surface area contributed by atoms with E-state index >= 15 is 0 Å². The third-order valence-electron chi connectivity index (χ3n) is 3.04. The van der Waals surface area contributed by atoms with Crippen LogP contribution < -0.4 is 14.8 Å². The monoisotopic (exact) mass is 287 g/mol. The highest BCUT2D eigenvalue weighted by Gasteiger charge is 2.12. The first-order valence-electron chi connectivity index (χ1n) is 6.38. The van der Waals surface area contributed by atoms with Crippen molar-refractivity contribution in [3.63, 3.8) is 0 Å². The molecule has 0 bridgehead atoms. The number of carbonyl (C=O) groups is 1. The Balaban J connectivity index is 2.26. The summed E-state index contributed by atoms with van der Waals surface area (Å²) >= 11 is 0. The zero-order chi connectivity index (χ0) is 15.4. The second-order valence-corrected chi connectivity index (χ2v) is 4.54. The highest BCUT2D eigenvalue weighted by molar-refractivity contribution is 6.05. The number of anilines is 1. The summed E-state index contributed by atoms with van der Waals surface area (Å²) in [5.74, 6) is 0.476. The lowest BCUT2D eigenvalue weighted by atomic mass is 10.1. The molecule has 0 atom stereocenters. The van der Waals surface area contributed by atoms with Crippen LogP contribution in [0.2, 0.25) is 0 Å². The number of rotatable bonds is 4. The van der Waals surface area contributed by atoms with Gasteiger partial charge >= 0.3 is 0 Å². The van der Waals surface area contributed by atoms with Gasteiger partial charge in [-0.25, -0.2) is 0 Å². The maximum atomic E-state index is 12.2. The molecule has 0 aromatic heterocycles. The number of hydrogen-bond acceptors (Lipinski definition) is 4. The van der Waals surface area contributed by atoms with Crippen LogP contribution in [0.5, 0.6) is 17.2 Å². The Bertz CT molecular complexity index is 667. The van der Waals surface area contributed by atoms with Gasteiger partial charge in [-0.3, -0.25) is 4.79 Å². The normalized spacial score (nSPS) is 10.0. The molecule has 0 fully saturated rings. The van der Waals surface area contributed by atoms with Crippen molar-refractivity contribution in [3.05, 3.63) is 47.5 Å². The standard InChI is InChI=1S/C16H17NO4/c1-10-4-6-14(20-2)12(8-10)17-16(19)11-5-7-15(21-3)13(18)9-11/h4-9,18H,1-3H3,(H,17,19). The maximum absolute atomic E-state index is 12.2. The van der Waals surface area contributed by atoms with Gasteiger partial charge < -0.3 is 19.9 Å². The number of ether oxygens (including phenoxy) is 2. The molecule has 2 N–H and O–H groups in total. The minimum Gasteiger partial charge on any atom is -0.504 e. The van der Waals surface area contributed by atoms with Crippen LogP contribution in [0.15, 0.2) is 36.4 Å². The van der Waals surface area contributed by atoms with Crippen molar-refractivity contribution in [1.29, 1.82) is 0 Å². The van der Waals surface area contributed by atoms with E-state index in [1.165, 1.54) is 19.2 Å². The van der Waals surface area contributed by atoms with Crippen LogP contribution in [0.1, 0.15) is 15.9 Å². The van der Waals surface area contributed by atoms with E-state index in [0.29, 0.717) is 22.7 Å². The van der Waals surface area contributed by atoms with Crippen molar-refractivity contribution in [3.8, 4) is 17.2 Å². The Morgan fingerprint density at radius 2 is 1.71 bits per heavy atom. The lowest BCUT2D eigenvalue weighted by Crippen LogP contribution is -2.12. The molecule has 2 rings (SSSR count). The van der Waals surface area contributed by atoms with Gasteiger partial charge in [-0.05, 0) is 42.8 Å². The van der Waals surface area contributed by atoms with E-state index in [0.717, 1.165) is 5.56 Å². The van der Waals surface area contributed by atoms with E-state index < -0.39 is 0 Å². The first-order valence-corrected chi connectivity index (χ1v) is 6.38. The van der Waals surface area contributed by atoms with Crippen LogP contribution in [0.3, 0.4) is 0 Å². The number of aryl methyl sites for hydroxylation is 1. The molecular formula is C16H17NO4. The minimum absolute atomic E-state index is 0.0821. The first-order chi connectivity index (χ1) is 10.0. The Morgan fingerprint density at radius 1 is 1.05 bits per heavy atom. The number of methoxy groups -OCH3 is 2. The third-order valence-corrected chi connectivity index (χ3v) is 3.04. The summed E-state index contributed by atoms with van der Waals surface area (Å²) in [5.41, 5.74) is 1.92. The molecule has 0 radical (unpaired) electrons. The second kappa shape index (κ2) is 6.17. The van der Waals surface area contributed by atoms with Crippen molar-refractivity contribution >= 4 is 11.6 Å². The lowest BCUT2D eigenvalue weighted by Gasteiger charge is -2.11. The van der Waals surface area contributed by atoms with Gasteiger partial charge in [-0.2, -0.15) is 0 Å². The number of benzene rings is 2. The number of amides is 1. The Morgan fingerprint density at radius 3 is 2.33 bits per heavy atom. The zero-order valence-corrected chi connectivity index (χ0v) is 12.1. The van der Waals surface area contributed by atoms with Crippen LogP contribution in [0.4, 0.5) is 5.69 Å². The van der Waals surface area contributed by atoms with Crippen LogP contribution in [0, 0.1) is 6.92 Å². The molecule has 21 heavy (non-hydrogen) atoms. The van der Waals surface area contributed by atoms with Gasteiger partial charge in [0.05, 0.1) is 19.9 Å². The van der Waals surface area contributed by atoms with Gasteiger partial charge in [0.15, 0.2) is 11.5 Å². The molecule has 1 amide bonds. The summed E-state index contributed by atoms with van der Waals surface area (Å²) in [7, 11) is 2.99. The summed E-state index contributed by atoms with van der Waals surface area (Å²) in [6, 6.07) is 9.98. The van der Waals surface area contributed by atoms with Gasteiger partial charge in [0.1, 0.15) is 5.75 Å². The molecule has 2 aromatic carbocycles. The van der Waals surface area contributed by atoms with E-state index in [-0.39, 0.29) is 11.7 Å². The van der Waals surface area contributed by atoms with E-state index in [9.17, 15) is 9.90 Å². The van der Waals surface area contributed by atoms with E-state index in [4.69, 9.17) is 9.47 Å². The summed E-state index contributed by atoms with van der Waals surface area (Å²) in [6.07, 6.45) is 0. The topological polar surface area (TPSA) is 67.8 Å². The highest BCUT2D eigenvalue weighted by atomic mass is 16.5. The van der Waals surface area contributed by atoms with Crippen LogP contribution >= 0.6 is 0 Å². The highest BCUT2D eigenvalue weighted by Crippen LogP contribution is 2.28. The fourth-order valence-electron chi connectivity index (χ4n) is 1.95. The second-order valence-electron chi connectivity index (χ2n) is 4.54. The van der Waals surface area contributed by atoms with Gasteiger partial charge in [0, 0.05) is 5.56 Å². The largest absolute Gasteiger partial charge is 0.504 e. The SMILES string of the molecule is COc1ccc(C(=O)Nc2cc(C)ccc2OC)cc1O. The van der Waals surface area contributed by atoms with Crippen molar-refractivity contribution in [1.82, 2.24) is 0 Å². The van der Waals surface area contributed by atoms with Crippen molar-refractivity contribution in [2.24, 2.45) is 0 Å². The molecule has 110 valence electrons. The molecule has 0 unspecified atom stereocenters. The van der Waals surface area contributed by atoms with Gasteiger partial charge in [0.2, 0.25) is 0 Å². The lowest BCUT2D eigenvalue weighted by molar-refractivity contribution is 0.102. The molecule has 0 aliphatic carbocycles. The fraction of sp³-hybridized carbons (Fsp3) is 0.188. The summed E-state index contributed by atoms with van der Waals surface area (Å²) < 4.78 is 10.2. The van der Waals surface area contributed by atoms with Crippen molar-refractivity contribution in [2.75, 3.05) is 19.5 Å². The average molecular weight is 287 g/mol. The molecule has 0 heterocycles. The number of aromatic hydroxyl groups is 1. The van der Waals surface area contributed by atoms with Crippen LogP contribution in [-0.4, -0.2) is 25.2 Å². The molecule has 2 aromatic rings. The average Bonchev–Trinajstić information content (AvgIpc) is 2.47. The van der Waals surface area contributed by atoms with E-state index in [2.05, 4.69) is 5.32 Å². The fourth-order valence-corrected chi connectivity index (χ4v) is 1.95. The maximum Gasteiger partial charge on any atom is 0.255 e. The molecule has 0 saturated heterocycles. The molecule has 0 aliphatic heterocycles. The Kier molecular flexibility index (Phi) is 4.33. The van der Waals surface area contributed by atoms with Crippen molar-refractivity contribution in [2.45, 2.75) is 6.92 Å². The summed E-state index contributed by atoms with van der Waals surface area (Å²) in [5, 5.41) is 12.5. The third kappa shape index (κ3) is 3.25. The van der Waals surface area contributed by atoms with E-state index in [1.54, 1.807) is 19.2 Å². The van der Waals surface area contributed by atoms with Crippen LogP contribution in [0.25, 0.3) is 0 Å². The number of phenols is 1. The summed E-state index contributed by atoms with van der Waals surface area (Å²) in [4.78, 5) is 12.2. The van der Waals surface area contributed by atoms with Crippen molar-refractivity contribution < 1.29 is 19.4 Å². The number of nitrogens with one attached hydrogen (secondary N) is 1. The quantitative estimate of drug-likeness (QED) is 0.907. The van der Waals surface area contributed by atoms with Gasteiger partial charge in [0.25, 0.3) is 5.91 Å². The molecule has 0 aliphatic rings. The van der Waals surface area contributed by atoms with Gasteiger partial charge in [-0.15, -0.1) is 0 Å².